The number of amides is 3. The summed E-state index contributed by atoms with van der Waals surface area (Å²) in [6.45, 7) is 0.261. The van der Waals surface area contributed by atoms with Crippen molar-refractivity contribution < 1.29 is 18.8 Å². The lowest BCUT2D eigenvalue weighted by molar-refractivity contribution is -0.124. The maximum absolute atomic E-state index is 13.8. The van der Waals surface area contributed by atoms with E-state index in [-0.39, 0.29) is 29.5 Å². The van der Waals surface area contributed by atoms with Crippen molar-refractivity contribution in [2.24, 2.45) is 0 Å². The maximum atomic E-state index is 13.8. The molecule has 1 saturated heterocycles. The van der Waals surface area contributed by atoms with Crippen LogP contribution in [-0.4, -0.2) is 40.8 Å². The van der Waals surface area contributed by atoms with Gasteiger partial charge < -0.3 is 5.32 Å². The Balaban J connectivity index is 1.44. The molecule has 1 N–H and O–H groups in total. The summed E-state index contributed by atoms with van der Waals surface area (Å²) >= 11 is 2.36. The van der Waals surface area contributed by atoms with Crippen LogP contribution in [0.3, 0.4) is 0 Å². The van der Waals surface area contributed by atoms with E-state index in [1.807, 2.05) is 30.3 Å². The highest BCUT2D eigenvalue weighted by atomic mass is 32.2. The number of halogens is 1. The van der Waals surface area contributed by atoms with Gasteiger partial charge in [0.2, 0.25) is 5.91 Å². The van der Waals surface area contributed by atoms with Crippen molar-refractivity contribution in [1.82, 2.24) is 10.2 Å². The molecule has 1 aliphatic rings. The number of nitrogens with zero attached hydrogens (tertiary/aromatic N) is 1. The number of hydrogen-bond acceptors (Lipinski definition) is 5. The Morgan fingerprint density at radius 3 is 2.59 bits per heavy atom. The van der Waals surface area contributed by atoms with E-state index >= 15 is 0 Å². The summed E-state index contributed by atoms with van der Waals surface area (Å²) in [5, 5.41) is 2.30. The average Bonchev–Trinajstić information content (AvgIpc) is 2.98. The summed E-state index contributed by atoms with van der Waals surface area (Å²) in [5.41, 5.74) is 0.252. The molecule has 29 heavy (non-hydrogen) atoms. The molecule has 0 unspecified atom stereocenters. The Kier molecular flexibility index (Phi) is 7.48. The van der Waals surface area contributed by atoms with E-state index in [1.165, 1.54) is 18.2 Å². The number of imide groups is 1. The SMILES string of the molecule is O=C(CCSc1ccccc1)NCCN1C(=O)SC(=Cc2ccccc2F)C1=O. The molecular formula is C21H19FN2O3S2. The lowest BCUT2D eigenvalue weighted by Gasteiger charge is -2.13. The van der Waals surface area contributed by atoms with Crippen molar-refractivity contribution in [3.05, 3.63) is 70.9 Å². The van der Waals surface area contributed by atoms with Crippen LogP contribution < -0.4 is 5.32 Å². The molecule has 8 heteroatoms. The van der Waals surface area contributed by atoms with Gasteiger partial charge in [-0.3, -0.25) is 19.3 Å². The van der Waals surface area contributed by atoms with E-state index in [4.69, 9.17) is 0 Å². The minimum absolute atomic E-state index is 0.0802. The van der Waals surface area contributed by atoms with Gasteiger partial charge in [0, 0.05) is 35.7 Å². The number of benzene rings is 2. The molecule has 0 saturated carbocycles. The molecule has 1 aliphatic heterocycles. The fourth-order valence-corrected chi connectivity index (χ4v) is 4.33. The van der Waals surface area contributed by atoms with Gasteiger partial charge in [-0.2, -0.15) is 0 Å². The van der Waals surface area contributed by atoms with Gasteiger partial charge in [-0.15, -0.1) is 11.8 Å². The van der Waals surface area contributed by atoms with Crippen molar-refractivity contribution in [2.75, 3.05) is 18.8 Å². The fourth-order valence-electron chi connectivity index (χ4n) is 2.60. The van der Waals surface area contributed by atoms with Crippen molar-refractivity contribution in [1.29, 1.82) is 0 Å². The molecular weight excluding hydrogens is 411 g/mol. The minimum atomic E-state index is -0.475. The molecule has 1 heterocycles. The Bertz CT molecular complexity index is 935. The molecule has 150 valence electrons. The summed E-state index contributed by atoms with van der Waals surface area (Å²) in [5.74, 6) is -0.428. The first kappa shape index (κ1) is 21.1. The molecule has 3 amide bonds. The smallest absolute Gasteiger partial charge is 0.293 e. The molecule has 0 spiro atoms. The molecule has 0 bridgehead atoms. The first-order chi connectivity index (χ1) is 14.0. The zero-order valence-corrected chi connectivity index (χ0v) is 17.1. The van der Waals surface area contributed by atoms with E-state index in [9.17, 15) is 18.8 Å². The highest BCUT2D eigenvalue weighted by Gasteiger charge is 2.34. The predicted molar refractivity (Wildman–Crippen MR) is 114 cm³/mol. The first-order valence-corrected chi connectivity index (χ1v) is 10.8. The summed E-state index contributed by atoms with van der Waals surface area (Å²) < 4.78 is 13.8. The maximum Gasteiger partial charge on any atom is 0.293 e. The van der Waals surface area contributed by atoms with Gasteiger partial charge in [0.1, 0.15) is 5.82 Å². The van der Waals surface area contributed by atoms with E-state index in [0.717, 1.165) is 21.6 Å². The molecule has 2 aromatic rings. The van der Waals surface area contributed by atoms with Crippen LogP contribution in [0, 0.1) is 5.82 Å². The number of nitrogens with one attached hydrogen (secondary N) is 1. The lowest BCUT2D eigenvalue weighted by Crippen LogP contribution is -2.37. The van der Waals surface area contributed by atoms with Crippen molar-refractivity contribution >= 4 is 46.7 Å². The third-order valence-corrected chi connectivity index (χ3v) is 5.99. The summed E-state index contributed by atoms with van der Waals surface area (Å²) in [6, 6.07) is 15.8. The zero-order valence-electron chi connectivity index (χ0n) is 15.5. The molecule has 0 atom stereocenters. The van der Waals surface area contributed by atoms with Crippen molar-refractivity contribution in [3.63, 3.8) is 0 Å². The Hall–Kier alpha value is -2.58. The van der Waals surface area contributed by atoms with Gasteiger partial charge in [0.25, 0.3) is 11.1 Å². The first-order valence-electron chi connectivity index (χ1n) is 8.99. The van der Waals surface area contributed by atoms with Gasteiger partial charge >= 0.3 is 0 Å². The van der Waals surface area contributed by atoms with Crippen molar-refractivity contribution in [3.8, 4) is 0 Å². The summed E-state index contributed by atoms with van der Waals surface area (Å²) in [6.07, 6.45) is 1.72. The highest BCUT2D eigenvalue weighted by molar-refractivity contribution is 8.18. The van der Waals surface area contributed by atoms with Crippen LogP contribution in [0.25, 0.3) is 6.08 Å². The third kappa shape index (κ3) is 5.95. The van der Waals surface area contributed by atoms with Gasteiger partial charge in [-0.1, -0.05) is 36.4 Å². The predicted octanol–water partition coefficient (Wildman–Crippen LogP) is 4.16. The normalized spacial score (nSPS) is 15.2. The van der Waals surface area contributed by atoms with E-state index in [1.54, 1.807) is 23.9 Å². The Morgan fingerprint density at radius 2 is 1.83 bits per heavy atom. The second kappa shape index (κ2) is 10.3. The topological polar surface area (TPSA) is 66.5 Å². The molecule has 0 radical (unpaired) electrons. The van der Waals surface area contributed by atoms with Crippen LogP contribution >= 0.6 is 23.5 Å². The van der Waals surface area contributed by atoms with Gasteiger partial charge in [-0.05, 0) is 36.0 Å². The molecule has 3 rings (SSSR count). The largest absolute Gasteiger partial charge is 0.354 e. The number of carbonyl (C=O) groups is 3. The molecule has 2 aromatic carbocycles. The number of rotatable bonds is 8. The number of hydrogen-bond donors (Lipinski definition) is 1. The Labute approximate surface area is 176 Å². The van der Waals surface area contributed by atoms with E-state index < -0.39 is 17.0 Å². The monoisotopic (exact) mass is 430 g/mol. The van der Waals surface area contributed by atoms with E-state index in [2.05, 4.69) is 5.32 Å². The minimum Gasteiger partial charge on any atom is -0.354 e. The Morgan fingerprint density at radius 1 is 1.10 bits per heavy atom. The van der Waals surface area contributed by atoms with Crippen molar-refractivity contribution in [2.45, 2.75) is 11.3 Å². The van der Waals surface area contributed by atoms with Gasteiger partial charge in [0.05, 0.1) is 4.91 Å². The molecule has 0 aliphatic carbocycles. The summed E-state index contributed by atoms with van der Waals surface area (Å²) in [7, 11) is 0. The second-order valence-corrected chi connectivity index (χ2v) is 8.28. The van der Waals surface area contributed by atoms with Crippen LogP contribution in [0.15, 0.2) is 64.4 Å². The van der Waals surface area contributed by atoms with Crippen LogP contribution in [0.2, 0.25) is 0 Å². The number of carbonyl (C=O) groups excluding carboxylic acids is 3. The second-order valence-electron chi connectivity index (χ2n) is 6.12. The zero-order chi connectivity index (χ0) is 20.6. The third-order valence-electron chi connectivity index (χ3n) is 4.06. The van der Waals surface area contributed by atoms with Crippen LogP contribution in [0.4, 0.5) is 9.18 Å². The van der Waals surface area contributed by atoms with Crippen LogP contribution in [0.1, 0.15) is 12.0 Å². The molecule has 5 nitrogen and oxygen atoms in total. The summed E-state index contributed by atoms with van der Waals surface area (Å²) in [4.78, 5) is 38.8. The fraction of sp³-hybridized carbons (Fsp3) is 0.190. The van der Waals surface area contributed by atoms with Gasteiger partial charge in [0.15, 0.2) is 0 Å². The van der Waals surface area contributed by atoms with Crippen LogP contribution in [-0.2, 0) is 9.59 Å². The van der Waals surface area contributed by atoms with E-state index in [0.29, 0.717) is 12.2 Å². The number of thioether (sulfide) groups is 2. The highest BCUT2D eigenvalue weighted by Crippen LogP contribution is 2.32. The average molecular weight is 431 g/mol. The molecule has 1 fully saturated rings. The van der Waals surface area contributed by atoms with Gasteiger partial charge in [-0.25, -0.2) is 4.39 Å². The van der Waals surface area contributed by atoms with Crippen LogP contribution in [0.5, 0.6) is 0 Å². The lowest BCUT2D eigenvalue weighted by atomic mass is 10.2. The standard InChI is InChI=1S/C21H19FN2O3S2/c22-17-9-5-4-6-15(17)14-18-20(26)24(21(27)29-18)12-11-23-19(25)10-13-28-16-7-2-1-3-8-16/h1-9,14H,10-13H2,(H,23,25). The molecule has 0 aromatic heterocycles. The quantitative estimate of drug-likeness (QED) is 0.503.